The second kappa shape index (κ2) is 14.2. The van der Waals surface area contributed by atoms with Gasteiger partial charge in [0.1, 0.15) is 12.2 Å². The first kappa shape index (κ1) is 27.3. The average Bonchev–Trinajstić information content (AvgIpc) is 3.00. The Morgan fingerprint density at radius 2 is 0.949 bits per heavy atom. The molecule has 0 radical (unpaired) electrons. The lowest BCUT2D eigenvalue weighted by Gasteiger charge is -2.48. The zero-order valence-electron chi connectivity index (χ0n) is 22.2. The number of hydrogen-bond donors (Lipinski definition) is 1. The van der Waals surface area contributed by atoms with E-state index in [1.54, 1.807) is 0 Å². The number of nitrogens with zero attached hydrogens (tertiary/aromatic N) is 1. The van der Waals surface area contributed by atoms with Crippen molar-refractivity contribution in [2.45, 2.75) is 50.7 Å². The lowest BCUT2D eigenvalue weighted by Crippen LogP contribution is -2.64. The molecule has 1 N–H and O–H groups in total. The number of benzene rings is 4. The van der Waals surface area contributed by atoms with E-state index in [1.807, 2.05) is 72.8 Å². The highest BCUT2D eigenvalue weighted by Gasteiger charge is 2.45. The highest BCUT2D eigenvalue weighted by molar-refractivity contribution is 5.17. The fourth-order valence-corrected chi connectivity index (χ4v) is 5.19. The van der Waals surface area contributed by atoms with Crippen molar-refractivity contribution in [2.75, 3.05) is 13.2 Å². The van der Waals surface area contributed by atoms with E-state index in [9.17, 15) is 5.11 Å². The second-order valence-corrected chi connectivity index (χ2v) is 10.0. The van der Waals surface area contributed by atoms with Crippen LogP contribution in [0.5, 0.6) is 0 Å². The van der Waals surface area contributed by atoms with E-state index >= 15 is 0 Å². The Morgan fingerprint density at radius 3 is 1.41 bits per heavy atom. The molecule has 1 aliphatic rings. The molecule has 39 heavy (non-hydrogen) atoms. The van der Waals surface area contributed by atoms with Gasteiger partial charge in [0.2, 0.25) is 0 Å². The number of hydrogen-bond acceptors (Lipinski definition) is 5. The summed E-state index contributed by atoms with van der Waals surface area (Å²) in [5.41, 5.74) is 4.47. The Balaban J connectivity index is 1.42. The number of aliphatic hydroxyl groups is 1. The largest absolute Gasteiger partial charge is 0.395 e. The third kappa shape index (κ3) is 7.63. The van der Waals surface area contributed by atoms with E-state index in [1.165, 1.54) is 5.56 Å². The molecule has 1 fully saturated rings. The predicted octanol–water partition coefficient (Wildman–Crippen LogP) is 5.62. The van der Waals surface area contributed by atoms with Crippen molar-refractivity contribution in [3.05, 3.63) is 144 Å². The van der Waals surface area contributed by atoms with Crippen LogP contribution in [0.3, 0.4) is 0 Å². The van der Waals surface area contributed by atoms with Gasteiger partial charge in [-0.25, -0.2) is 0 Å². The fourth-order valence-electron chi connectivity index (χ4n) is 5.19. The second-order valence-electron chi connectivity index (χ2n) is 10.0. The molecule has 0 aliphatic carbocycles. The summed E-state index contributed by atoms with van der Waals surface area (Å²) in [6.45, 7) is 2.62. The predicted molar refractivity (Wildman–Crippen MR) is 153 cm³/mol. The molecule has 0 aromatic heterocycles. The monoisotopic (exact) mass is 523 g/mol. The van der Waals surface area contributed by atoms with Crippen molar-refractivity contribution >= 4 is 0 Å². The lowest BCUT2D eigenvalue weighted by atomic mass is 9.92. The van der Waals surface area contributed by atoms with E-state index in [0.717, 1.165) is 16.7 Å². The molecule has 4 aromatic carbocycles. The smallest absolute Gasteiger partial charge is 0.113 e. The molecule has 0 saturated carbocycles. The van der Waals surface area contributed by atoms with Gasteiger partial charge in [-0.3, -0.25) is 4.90 Å². The molecule has 0 spiro atoms. The molecule has 0 amide bonds. The van der Waals surface area contributed by atoms with Gasteiger partial charge >= 0.3 is 0 Å². The highest BCUT2D eigenvalue weighted by Crippen LogP contribution is 2.29. The van der Waals surface area contributed by atoms with Gasteiger partial charge in [-0.1, -0.05) is 121 Å². The van der Waals surface area contributed by atoms with Crippen LogP contribution in [-0.2, 0) is 40.6 Å². The molecule has 1 aliphatic heterocycles. The summed E-state index contributed by atoms with van der Waals surface area (Å²) >= 11 is 0. The Hall–Kier alpha value is -3.32. The molecule has 0 unspecified atom stereocenters. The Kier molecular flexibility index (Phi) is 9.91. The molecule has 5 rings (SSSR count). The molecular weight excluding hydrogens is 486 g/mol. The molecule has 0 bridgehead atoms. The Bertz CT molecular complexity index is 1220. The Morgan fingerprint density at radius 1 is 0.538 bits per heavy atom. The van der Waals surface area contributed by atoms with Gasteiger partial charge in [-0.05, 0) is 22.3 Å². The van der Waals surface area contributed by atoms with Gasteiger partial charge in [0.05, 0.1) is 38.6 Å². The third-order valence-corrected chi connectivity index (χ3v) is 7.25. The molecule has 1 saturated heterocycles. The van der Waals surface area contributed by atoms with Crippen molar-refractivity contribution in [1.82, 2.24) is 4.90 Å². The van der Waals surface area contributed by atoms with Gasteiger partial charge in [0.15, 0.2) is 0 Å². The highest BCUT2D eigenvalue weighted by atomic mass is 16.6. The molecule has 202 valence electrons. The Labute approximate surface area is 231 Å². The first-order valence-corrected chi connectivity index (χ1v) is 13.7. The van der Waals surface area contributed by atoms with Gasteiger partial charge < -0.3 is 19.3 Å². The summed E-state index contributed by atoms with van der Waals surface area (Å²) < 4.78 is 19.8. The lowest BCUT2D eigenvalue weighted by molar-refractivity contribution is -0.209. The van der Waals surface area contributed by atoms with Crippen molar-refractivity contribution in [1.29, 1.82) is 0 Å². The molecular formula is C34H37NO4. The van der Waals surface area contributed by atoms with Crippen molar-refractivity contribution < 1.29 is 19.3 Å². The zero-order valence-corrected chi connectivity index (χ0v) is 22.2. The summed E-state index contributed by atoms with van der Waals surface area (Å²) in [4.78, 5) is 2.28. The topological polar surface area (TPSA) is 51.2 Å². The van der Waals surface area contributed by atoms with E-state index in [-0.39, 0.29) is 24.9 Å². The van der Waals surface area contributed by atoms with Crippen LogP contribution in [0.2, 0.25) is 0 Å². The number of likely N-dealkylation sites (tertiary alicyclic amines) is 1. The average molecular weight is 524 g/mol. The van der Waals surface area contributed by atoms with Crippen LogP contribution >= 0.6 is 0 Å². The van der Waals surface area contributed by atoms with Crippen LogP contribution in [0, 0.1) is 0 Å². The molecule has 4 aromatic rings. The maximum Gasteiger partial charge on any atom is 0.113 e. The summed E-state index contributed by atoms with van der Waals surface area (Å²) in [7, 11) is 0. The van der Waals surface area contributed by atoms with Crippen LogP contribution in [0.1, 0.15) is 22.3 Å². The van der Waals surface area contributed by atoms with Crippen molar-refractivity contribution in [2.24, 2.45) is 0 Å². The summed E-state index contributed by atoms with van der Waals surface area (Å²) in [6.07, 6.45) is -1.000. The minimum atomic E-state index is -0.392. The quantitative estimate of drug-likeness (QED) is 0.261. The number of rotatable bonds is 12. The summed E-state index contributed by atoms with van der Waals surface area (Å²) in [5.74, 6) is 0. The molecule has 1 heterocycles. The standard InChI is InChI=1S/C34H37NO4/c36-23-31-33(38-25-29-17-9-3-10-18-29)34(39-26-30-19-11-4-12-20-30)32(37-24-28-15-7-2-8-16-28)22-35(31)21-27-13-5-1-6-14-27/h1-20,31-34,36H,21-26H2/t31-,32-,33+,34-/m0/s1. The van der Waals surface area contributed by atoms with Crippen LogP contribution in [0.25, 0.3) is 0 Å². The van der Waals surface area contributed by atoms with Crippen LogP contribution in [0.15, 0.2) is 121 Å². The summed E-state index contributed by atoms with van der Waals surface area (Å²) in [6, 6.07) is 40.6. The fraction of sp³-hybridized carbons (Fsp3) is 0.294. The normalized spacial score (nSPS) is 21.6. The van der Waals surface area contributed by atoms with Crippen LogP contribution in [0.4, 0.5) is 0 Å². The first-order valence-electron chi connectivity index (χ1n) is 13.7. The third-order valence-electron chi connectivity index (χ3n) is 7.25. The van der Waals surface area contributed by atoms with Crippen LogP contribution in [-0.4, -0.2) is 47.5 Å². The maximum absolute atomic E-state index is 10.7. The molecule has 4 atom stereocenters. The SMILES string of the molecule is OC[C@H]1[C@@H](OCc2ccccc2)[C@@H](OCc2ccccc2)[C@@H](OCc2ccccc2)CN1Cc1ccccc1. The van der Waals surface area contributed by atoms with Gasteiger partial charge in [0.25, 0.3) is 0 Å². The van der Waals surface area contributed by atoms with Gasteiger partial charge in [-0.2, -0.15) is 0 Å². The maximum atomic E-state index is 10.7. The molecule has 5 nitrogen and oxygen atoms in total. The minimum Gasteiger partial charge on any atom is -0.395 e. The van der Waals surface area contributed by atoms with Crippen molar-refractivity contribution in [3.63, 3.8) is 0 Å². The zero-order chi connectivity index (χ0) is 26.7. The van der Waals surface area contributed by atoms with Gasteiger partial charge in [-0.15, -0.1) is 0 Å². The number of aliphatic hydroxyl groups excluding tert-OH is 1. The van der Waals surface area contributed by atoms with E-state index in [2.05, 4.69) is 53.4 Å². The van der Waals surface area contributed by atoms with E-state index in [4.69, 9.17) is 14.2 Å². The first-order chi connectivity index (χ1) is 19.3. The van der Waals surface area contributed by atoms with Gasteiger partial charge in [0, 0.05) is 13.1 Å². The van der Waals surface area contributed by atoms with Crippen LogP contribution < -0.4 is 0 Å². The van der Waals surface area contributed by atoms with E-state index in [0.29, 0.717) is 32.9 Å². The summed E-state index contributed by atoms with van der Waals surface area (Å²) in [5, 5.41) is 10.7. The number of piperidine rings is 1. The van der Waals surface area contributed by atoms with E-state index < -0.39 is 6.10 Å². The van der Waals surface area contributed by atoms with Crippen molar-refractivity contribution in [3.8, 4) is 0 Å². The molecule has 5 heteroatoms. The number of ether oxygens (including phenoxy) is 3. The minimum absolute atomic E-state index is 0.0388.